The van der Waals surface area contributed by atoms with Crippen molar-refractivity contribution < 1.29 is 4.92 Å². The number of rotatable bonds is 1. The van der Waals surface area contributed by atoms with Gasteiger partial charge >= 0.3 is 5.69 Å². The number of aromatic nitrogens is 1. The van der Waals surface area contributed by atoms with E-state index in [4.69, 9.17) is 0 Å². The fraction of sp³-hybridized carbons (Fsp3) is 0.125. The molecule has 0 saturated heterocycles. The summed E-state index contributed by atoms with van der Waals surface area (Å²) in [4.78, 5) is 13.5. The second kappa shape index (κ2) is 3.49. The molecule has 1 aromatic rings. The zero-order valence-electron chi connectivity index (χ0n) is 6.44. The fourth-order valence-electron chi connectivity index (χ4n) is 0.772. The van der Waals surface area contributed by atoms with Crippen molar-refractivity contribution in [3.05, 3.63) is 34.1 Å². The molecule has 0 radical (unpaired) electrons. The summed E-state index contributed by atoms with van der Waals surface area (Å²) in [6, 6.07) is 1.52. The van der Waals surface area contributed by atoms with Crippen LogP contribution < -0.4 is 0 Å². The number of pyridine rings is 1. The van der Waals surface area contributed by atoms with Gasteiger partial charge in [0.15, 0.2) is 0 Å². The second-order valence-corrected chi connectivity index (χ2v) is 2.02. The quantitative estimate of drug-likeness (QED) is 0.356. The normalized spacial score (nSPS) is 8.42. The molecule has 0 unspecified atom stereocenters. The summed E-state index contributed by atoms with van der Waals surface area (Å²) in [7, 11) is 0. The lowest BCUT2D eigenvalue weighted by Crippen LogP contribution is -1.92. The SMILES string of the molecule is CC#Cc1ccncc1[N+](=O)[O-]. The van der Waals surface area contributed by atoms with E-state index in [0.717, 1.165) is 0 Å². The van der Waals surface area contributed by atoms with Crippen LogP contribution in [0.4, 0.5) is 5.69 Å². The van der Waals surface area contributed by atoms with Gasteiger partial charge in [0, 0.05) is 6.20 Å². The van der Waals surface area contributed by atoms with Crippen LogP contribution >= 0.6 is 0 Å². The van der Waals surface area contributed by atoms with E-state index < -0.39 is 4.92 Å². The molecule has 0 aliphatic rings. The molecule has 0 aromatic carbocycles. The number of hydrogen-bond acceptors (Lipinski definition) is 3. The average Bonchev–Trinajstić information content (AvgIpc) is 2.05. The Morgan fingerprint density at radius 2 is 2.42 bits per heavy atom. The first-order chi connectivity index (χ1) is 5.75. The van der Waals surface area contributed by atoms with Crippen LogP contribution in [0, 0.1) is 22.0 Å². The molecule has 0 N–H and O–H groups in total. The molecule has 1 heterocycles. The Morgan fingerprint density at radius 3 is 3.00 bits per heavy atom. The van der Waals surface area contributed by atoms with Crippen molar-refractivity contribution in [2.24, 2.45) is 0 Å². The molecule has 1 rings (SSSR count). The van der Waals surface area contributed by atoms with Crippen molar-refractivity contribution in [3.63, 3.8) is 0 Å². The zero-order chi connectivity index (χ0) is 8.97. The summed E-state index contributed by atoms with van der Waals surface area (Å²) >= 11 is 0. The van der Waals surface area contributed by atoms with E-state index in [9.17, 15) is 10.1 Å². The molecule has 1 aromatic heterocycles. The molecule has 0 fully saturated rings. The Balaban J connectivity index is 3.23. The molecular weight excluding hydrogens is 156 g/mol. The van der Waals surface area contributed by atoms with Crippen LogP contribution in [-0.4, -0.2) is 9.91 Å². The van der Waals surface area contributed by atoms with E-state index in [1.807, 2.05) is 0 Å². The Bertz CT molecular complexity index is 363. The lowest BCUT2D eigenvalue weighted by atomic mass is 10.2. The number of nitrogens with zero attached hydrogens (tertiary/aromatic N) is 2. The van der Waals surface area contributed by atoms with Crippen LogP contribution in [0.1, 0.15) is 12.5 Å². The van der Waals surface area contributed by atoms with Gasteiger partial charge < -0.3 is 0 Å². The highest BCUT2D eigenvalue weighted by Gasteiger charge is 2.10. The summed E-state index contributed by atoms with van der Waals surface area (Å²) in [6.07, 6.45) is 2.67. The van der Waals surface area contributed by atoms with E-state index in [1.54, 1.807) is 6.92 Å². The van der Waals surface area contributed by atoms with E-state index >= 15 is 0 Å². The molecule has 0 spiro atoms. The maximum atomic E-state index is 10.4. The third kappa shape index (κ3) is 1.58. The van der Waals surface area contributed by atoms with Gasteiger partial charge in [-0.25, -0.2) is 0 Å². The first kappa shape index (κ1) is 8.21. The van der Waals surface area contributed by atoms with E-state index in [0.29, 0.717) is 5.56 Å². The maximum Gasteiger partial charge on any atom is 0.303 e. The molecule has 0 saturated carbocycles. The van der Waals surface area contributed by atoms with Crippen LogP contribution in [0.3, 0.4) is 0 Å². The third-order valence-electron chi connectivity index (χ3n) is 1.26. The Hall–Kier alpha value is -1.89. The van der Waals surface area contributed by atoms with Crippen LogP contribution in [0.25, 0.3) is 0 Å². The topological polar surface area (TPSA) is 56.0 Å². The van der Waals surface area contributed by atoms with Crippen molar-refractivity contribution in [1.29, 1.82) is 0 Å². The Morgan fingerprint density at radius 1 is 1.67 bits per heavy atom. The van der Waals surface area contributed by atoms with Crippen LogP contribution in [0.15, 0.2) is 18.5 Å². The third-order valence-corrected chi connectivity index (χ3v) is 1.26. The van der Waals surface area contributed by atoms with Gasteiger partial charge in [0.2, 0.25) is 0 Å². The molecule has 4 heteroatoms. The molecule has 60 valence electrons. The minimum Gasteiger partial charge on any atom is -0.258 e. The maximum absolute atomic E-state index is 10.4. The predicted molar refractivity (Wildman–Crippen MR) is 43.4 cm³/mol. The average molecular weight is 162 g/mol. The summed E-state index contributed by atoms with van der Waals surface area (Å²) in [6.45, 7) is 1.63. The van der Waals surface area contributed by atoms with Crippen LogP contribution in [0.2, 0.25) is 0 Å². The molecule has 0 aliphatic heterocycles. The smallest absolute Gasteiger partial charge is 0.258 e. The Kier molecular flexibility index (Phi) is 2.38. The second-order valence-electron chi connectivity index (χ2n) is 2.02. The van der Waals surface area contributed by atoms with Crippen molar-refractivity contribution >= 4 is 5.69 Å². The Labute approximate surface area is 69.4 Å². The molecule has 0 bridgehead atoms. The van der Waals surface area contributed by atoms with Crippen molar-refractivity contribution in [2.45, 2.75) is 6.92 Å². The number of hydrogen-bond donors (Lipinski definition) is 0. The summed E-state index contributed by atoms with van der Waals surface area (Å²) in [5, 5.41) is 10.4. The van der Waals surface area contributed by atoms with Gasteiger partial charge in [0.25, 0.3) is 0 Å². The first-order valence-corrected chi connectivity index (χ1v) is 3.27. The number of nitro groups is 1. The fourth-order valence-corrected chi connectivity index (χ4v) is 0.772. The zero-order valence-corrected chi connectivity index (χ0v) is 6.44. The summed E-state index contributed by atoms with van der Waals surface area (Å²) < 4.78 is 0. The van der Waals surface area contributed by atoms with Gasteiger partial charge in [0.1, 0.15) is 11.8 Å². The van der Waals surface area contributed by atoms with Gasteiger partial charge in [0.05, 0.1) is 4.92 Å². The molecule has 4 nitrogen and oxygen atoms in total. The van der Waals surface area contributed by atoms with Crippen LogP contribution in [-0.2, 0) is 0 Å². The largest absolute Gasteiger partial charge is 0.303 e. The van der Waals surface area contributed by atoms with Gasteiger partial charge in [-0.1, -0.05) is 5.92 Å². The summed E-state index contributed by atoms with van der Waals surface area (Å²) in [5.41, 5.74) is 0.351. The van der Waals surface area contributed by atoms with Crippen molar-refractivity contribution in [1.82, 2.24) is 4.98 Å². The minimum absolute atomic E-state index is 0.0492. The molecule has 0 aliphatic carbocycles. The lowest BCUT2D eigenvalue weighted by molar-refractivity contribution is -0.385. The highest BCUT2D eigenvalue weighted by molar-refractivity contribution is 5.48. The molecule has 0 amide bonds. The van der Waals surface area contributed by atoms with E-state index in [1.165, 1.54) is 18.5 Å². The summed E-state index contributed by atoms with van der Waals surface area (Å²) in [5.74, 6) is 5.22. The highest BCUT2D eigenvalue weighted by atomic mass is 16.6. The monoisotopic (exact) mass is 162 g/mol. The van der Waals surface area contributed by atoms with Crippen molar-refractivity contribution in [3.8, 4) is 11.8 Å². The molecule has 12 heavy (non-hydrogen) atoms. The van der Waals surface area contributed by atoms with Gasteiger partial charge in [-0.15, -0.1) is 5.92 Å². The predicted octanol–water partition coefficient (Wildman–Crippen LogP) is 1.36. The van der Waals surface area contributed by atoms with E-state index in [2.05, 4.69) is 16.8 Å². The minimum atomic E-state index is -0.493. The first-order valence-electron chi connectivity index (χ1n) is 3.27. The lowest BCUT2D eigenvalue weighted by Gasteiger charge is -1.91. The van der Waals surface area contributed by atoms with Gasteiger partial charge in [-0.2, -0.15) is 0 Å². The molecular formula is C8H6N2O2. The van der Waals surface area contributed by atoms with Gasteiger partial charge in [-0.3, -0.25) is 15.1 Å². The molecule has 0 atom stereocenters. The standard InChI is InChI=1S/C8H6N2O2/c1-2-3-7-4-5-9-6-8(7)10(11)12/h4-6H,1H3. The van der Waals surface area contributed by atoms with Crippen molar-refractivity contribution in [2.75, 3.05) is 0 Å². The highest BCUT2D eigenvalue weighted by Crippen LogP contribution is 2.13. The van der Waals surface area contributed by atoms with E-state index in [-0.39, 0.29) is 5.69 Å². The van der Waals surface area contributed by atoms with Gasteiger partial charge in [-0.05, 0) is 13.0 Å². The van der Waals surface area contributed by atoms with Crippen LogP contribution in [0.5, 0.6) is 0 Å².